The van der Waals surface area contributed by atoms with E-state index in [-0.39, 0.29) is 5.91 Å². The number of amides is 1. The van der Waals surface area contributed by atoms with Crippen LogP contribution in [0.4, 0.5) is 5.69 Å². The van der Waals surface area contributed by atoms with Crippen molar-refractivity contribution < 1.29 is 9.53 Å². The highest BCUT2D eigenvalue weighted by Gasteiger charge is 2.13. The Bertz CT molecular complexity index is 364. The summed E-state index contributed by atoms with van der Waals surface area (Å²) in [6.07, 6.45) is 0.901. The van der Waals surface area contributed by atoms with Crippen molar-refractivity contribution in [2.24, 2.45) is 0 Å². The summed E-state index contributed by atoms with van der Waals surface area (Å²) in [7, 11) is 0. The molecule has 0 heterocycles. The first-order chi connectivity index (χ1) is 7.70. The highest BCUT2D eigenvalue weighted by atomic mass is 16.5. The fraction of sp³-hybridized carbons (Fsp3) is 0.417. The predicted octanol–water partition coefficient (Wildman–Crippen LogP) is 1.81. The number of carbonyl (C=O) groups excluding carboxylic acids is 1. The van der Waals surface area contributed by atoms with E-state index in [1.165, 1.54) is 0 Å². The summed E-state index contributed by atoms with van der Waals surface area (Å²) in [5.74, 6) is 0.330. The number of benzene rings is 1. The van der Waals surface area contributed by atoms with Crippen LogP contribution in [-0.4, -0.2) is 19.1 Å². The van der Waals surface area contributed by atoms with Crippen LogP contribution in [0, 0.1) is 0 Å². The van der Waals surface area contributed by atoms with Crippen molar-refractivity contribution in [2.75, 3.05) is 18.9 Å². The van der Waals surface area contributed by atoms with Gasteiger partial charge in [-0.15, -0.1) is 0 Å². The summed E-state index contributed by atoms with van der Waals surface area (Å²) < 4.78 is 5.38. The smallest absolute Gasteiger partial charge is 0.255 e. The minimum Gasteiger partial charge on any atom is -0.491 e. The third kappa shape index (κ3) is 2.89. The molecule has 0 spiro atoms. The lowest BCUT2D eigenvalue weighted by molar-refractivity contribution is 0.0950. The van der Waals surface area contributed by atoms with Crippen LogP contribution >= 0.6 is 0 Å². The Kier molecular flexibility index (Phi) is 4.64. The van der Waals surface area contributed by atoms with Crippen LogP contribution in [0.15, 0.2) is 18.2 Å². The maximum atomic E-state index is 11.8. The van der Waals surface area contributed by atoms with Crippen molar-refractivity contribution in [1.29, 1.82) is 0 Å². The van der Waals surface area contributed by atoms with Crippen LogP contribution in [0.2, 0.25) is 0 Å². The molecule has 1 aromatic rings. The Hall–Kier alpha value is -1.71. The minimum absolute atomic E-state index is 0.141. The molecule has 0 aromatic heterocycles. The minimum atomic E-state index is -0.141. The molecule has 3 N–H and O–H groups in total. The lowest BCUT2D eigenvalue weighted by atomic mass is 10.1. The second kappa shape index (κ2) is 6.00. The summed E-state index contributed by atoms with van der Waals surface area (Å²) in [6.45, 7) is 5.00. The van der Waals surface area contributed by atoms with Gasteiger partial charge in [-0.05, 0) is 25.5 Å². The van der Waals surface area contributed by atoms with Gasteiger partial charge in [0.2, 0.25) is 0 Å². The molecule has 0 saturated heterocycles. The zero-order chi connectivity index (χ0) is 12.0. The summed E-state index contributed by atoms with van der Waals surface area (Å²) in [4.78, 5) is 11.8. The molecule has 0 radical (unpaired) electrons. The molecule has 0 aliphatic heterocycles. The molecular formula is C12H18N2O2. The Morgan fingerprint density at radius 1 is 1.44 bits per heavy atom. The van der Waals surface area contributed by atoms with Crippen molar-refractivity contribution in [3.63, 3.8) is 0 Å². The maximum Gasteiger partial charge on any atom is 0.255 e. The van der Waals surface area contributed by atoms with Crippen molar-refractivity contribution in [1.82, 2.24) is 5.32 Å². The first kappa shape index (κ1) is 12.4. The molecule has 0 unspecified atom stereocenters. The molecule has 0 saturated carbocycles. The standard InChI is InChI=1S/C12H18N2O2/c1-3-8-14-12(15)9-6-5-7-10(13)11(9)16-4-2/h5-7H,3-4,8,13H2,1-2H3,(H,14,15). The van der Waals surface area contributed by atoms with Crippen LogP contribution in [-0.2, 0) is 0 Å². The van der Waals surface area contributed by atoms with Crippen LogP contribution in [0.3, 0.4) is 0 Å². The zero-order valence-corrected chi connectivity index (χ0v) is 9.75. The Morgan fingerprint density at radius 2 is 2.19 bits per heavy atom. The number of ether oxygens (including phenoxy) is 1. The molecule has 1 amide bonds. The SMILES string of the molecule is CCCNC(=O)c1cccc(N)c1OCC. The molecule has 0 atom stereocenters. The summed E-state index contributed by atoms with van der Waals surface area (Å²) in [6, 6.07) is 5.19. The number of nitrogen functional groups attached to an aromatic ring is 1. The number of hydrogen-bond acceptors (Lipinski definition) is 3. The monoisotopic (exact) mass is 222 g/mol. The molecule has 4 nitrogen and oxygen atoms in total. The number of para-hydroxylation sites is 1. The van der Waals surface area contributed by atoms with Crippen molar-refractivity contribution in [3.05, 3.63) is 23.8 Å². The van der Waals surface area contributed by atoms with Crippen LogP contribution in [0.1, 0.15) is 30.6 Å². The molecule has 4 heteroatoms. The van der Waals surface area contributed by atoms with Gasteiger partial charge < -0.3 is 15.8 Å². The van der Waals surface area contributed by atoms with Gasteiger partial charge in [-0.2, -0.15) is 0 Å². The summed E-state index contributed by atoms with van der Waals surface area (Å²) >= 11 is 0. The number of hydrogen-bond donors (Lipinski definition) is 2. The molecular weight excluding hydrogens is 204 g/mol. The van der Waals surface area contributed by atoms with E-state index in [1.807, 2.05) is 13.8 Å². The Morgan fingerprint density at radius 3 is 2.81 bits per heavy atom. The van der Waals surface area contributed by atoms with E-state index in [1.54, 1.807) is 18.2 Å². The number of nitrogens with one attached hydrogen (secondary N) is 1. The average molecular weight is 222 g/mol. The highest BCUT2D eigenvalue weighted by molar-refractivity contribution is 5.98. The molecule has 0 aliphatic rings. The lowest BCUT2D eigenvalue weighted by Gasteiger charge is -2.12. The molecule has 88 valence electrons. The van der Waals surface area contributed by atoms with Gasteiger partial charge in [0, 0.05) is 6.54 Å². The zero-order valence-electron chi connectivity index (χ0n) is 9.75. The molecule has 1 aromatic carbocycles. The molecule has 16 heavy (non-hydrogen) atoms. The molecule has 0 fully saturated rings. The molecule has 0 aliphatic carbocycles. The Labute approximate surface area is 95.8 Å². The fourth-order valence-electron chi connectivity index (χ4n) is 1.37. The average Bonchev–Trinajstić information content (AvgIpc) is 2.29. The van der Waals surface area contributed by atoms with Crippen molar-refractivity contribution in [3.8, 4) is 5.75 Å². The lowest BCUT2D eigenvalue weighted by Crippen LogP contribution is -2.24. The van der Waals surface area contributed by atoms with Gasteiger partial charge in [0.1, 0.15) is 0 Å². The van der Waals surface area contributed by atoms with E-state index in [9.17, 15) is 4.79 Å². The van der Waals surface area contributed by atoms with E-state index < -0.39 is 0 Å². The van der Waals surface area contributed by atoms with Gasteiger partial charge >= 0.3 is 0 Å². The maximum absolute atomic E-state index is 11.8. The Balaban J connectivity index is 2.93. The van der Waals surface area contributed by atoms with Gasteiger partial charge in [-0.1, -0.05) is 13.0 Å². The summed E-state index contributed by atoms with van der Waals surface area (Å²) in [5, 5.41) is 2.80. The van der Waals surface area contributed by atoms with Crippen LogP contribution < -0.4 is 15.8 Å². The van der Waals surface area contributed by atoms with Crippen molar-refractivity contribution in [2.45, 2.75) is 20.3 Å². The topological polar surface area (TPSA) is 64.4 Å². The third-order valence-electron chi connectivity index (χ3n) is 2.11. The normalized spacial score (nSPS) is 9.88. The highest BCUT2D eigenvalue weighted by Crippen LogP contribution is 2.26. The number of nitrogens with two attached hydrogens (primary N) is 1. The quantitative estimate of drug-likeness (QED) is 0.747. The number of anilines is 1. The van der Waals surface area contributed by atoms with Gasteiger partial charge in [0.05, 0.1) is 17.9 Å². The van der Waals surface area contributed by atoms with Gasteiger partial charge in [0.25, 0.3) is 5.91 Å². The number of rotatable bonds is 5. The largest absolute Gasteiger partial charge is 0.491 e. The van der Waals surface area contributed by atoms with E-state index in [4.69, 9.17) is 10.5 Å². The van der Waals surface area contributed by atoms with Gasteiger partial charge in [-0.25, -0.2) is 0 Å². The first-order valence-corrected chi connectivity index (χ1v) is 5.50. The van der Waals surface area contributed by atoms with Gasteiger partial charge in [-0.3, -0.25) is 4.79 Å². The second-order valence-electron chi connectivity index (χ2n) is 3.41. The van der Waals surface area contributed by atoms with E-state index >= 15 is 0 Å². The van der Waals surface area contributed by atoms with E-state index in [2.05, 4.69) is 5.32 Å². The van der Waals surface area contributed by atoms with Gasteiger partial charge in [0.15, 0.2) is 5.75 Å². The molecule has 1 rings (SSSR count). The third-order valence-corrected chi connectivity index (χ3v) is 2.11. The fourth-order valence-corrected chi connectivity index (χ4v) is 1.37. The van der Waals surface area contributed by atoms with Crippen LogP contribution in [0.25, 0.3) is 0 Å². The predicted molar refractivity (Wildman–Crippen MR) is 64.6 cm³/mol. The summed E-state index contributed by atoms with van der Waals surface area (Å²) in [5.41, 5.74) is 6.76. The first-order valence-electron chi connectivity index (χ1n) is 5.50. The molecule has 0 bridgehead atoms. The van der Waals surface area contributed by atoms with E-state index in [0.29, 0.717) is 30.2 Å². The van der Waals surface area contributed by atoms with Crippen LogP contribution in [0.5, 0.6) is 5.75 Å². The van der Waals surface area contributed by atoms with E-state index in [0.717, 1.165) is 6.42 Å². The van der Waals surface area contributed by atoms with Crippen molar-refractivity contribution >= 4 is 11.6 Å². The second-order valence-corrected chi connectivity index (χ2v) is 3.41. The number of carbonyl (C=O) groups is 1.